The third-order valence-electron chi connectivity index (χ3n) is 2.11. The number of thiazole rings is 1. The van der Waals surface area contributed by atoms with Crippen molar-refractivity contribution >= 4 is 22.9 Å². The van der Waals surface area contributed by atoms with Gasteiger partial charge in [0.25, 0.3) is 0 Å². The Balaban J connectivity index is 2.29. The fraction of sp³-hybridized carbons (Fsp3) is 0.200. The van der Waals surface area contributed by atoms with E-state index in [0.29, 0.717) is 11.7 Å². The molecule has 5 heteroatoms. The smallest absolute Gasteiger partial charge is 0.299 e. The van der Waals surface area contributed by atoms with E-state index in [1.54, 1.807) is 16.8 Å². The van der Waals surface area contributed by atoms with Gasteiger partial charge in [0.15, 0.2) is 0 Å². The van der Waals surface area contributed by atoms with E-state index in [-0.39, 0.29) is 4.87 Å². The first kappa shape index (κ1) is 10.4. The normalized spacial score (nSPS) is 10.5. The number of aromatic nitrogens is 2. The molecule has 2 heterocycles. The predicted octanol–water partition coefficient (Wildman–Crippen LogP) is 2.31. The van der Waals surface area contributed by atoms with E-state index in [0.717, 1.165) is 11.3 Å². The van der Waals surface area contributed by atoms with Crippen LogP contribution in [0.25, 0.3) is 0 Å². The minimum atomic E-state index is 0.0578. The highest BCUT2D eigenvalue weighted by atomic mass is 35.5. The molecule has 78 valence electrons. The molecule has 0 spiro atoms. The van der Waals surface area contributed by atoms with Crippen LogP contribution in [0.3, 0.4) is 0 Å². The number of hydrogen-bond donors (Lipinski definition) is 0. The summed E-state index contributed by atoms with van der Waals surface area (Å²) in [6, 6.07) is 3.60. The van der Waals surface area contributed by atoms with Gasteiger partial charge in [-0.25, -0.2) is 4.98 Å². The summed E-state index contributed by atoms with van der Waals surface area (Å²) in [6.07, 6.45) is 1.69. The van der Waals surface area contributed by atoms with Crippen molar-refractivity contribution in [2.24, 2.45) is 0 Å². The number of rotatable bonds is 2. The topological polar surface area (TPSA) is 34.9 Å². The molecule has 3 nitrogen and oxygen atoms in total. The third-order valence-corrected chi connectivity index (χ3v) is 3.21. The Morgan fingerprint density at radius 3 is 2.87 bits per heavy atom. The van der Waals surface area contributed by atoms with Gasteiger partial charge < -0.3 is 0 Å². The molecule has 0 fully saturated rings. The van der Waals surface area contributed by atoms with Crippen molar-refractivity contribution in [3.8, 4) is 0 Å². The molecule has 15 heavy (non-hydrogen) atoms. The van der Waals surface area contributed by atoms with Crippen molar-refractivity contribution in [3.63, 3.8) is 0 Å². The average molecular weight is 241 g/mol. The summed E-state index contributed by atoms with van der Waals surface area (Å²) in [5.41, 5.74) is 1.95. The molecule has 0 saturated carbocycles. The van der Waals surface area contributed by atoms with Crippen molar-refractivity contribution in [2.75, 3.05) is 0 Å². The molecule has 0 bridgehead atoms. The maximum Gasteiger partial charge on any atom is 0.307 e. The highest BCUT2D eigenvalue weighted by Gasteiger charge is 2.03. The van der Waals surface area contributed by atoms with Crippen molar-refractivity contribution in [1.82, 2.24) is 9.55 Å². The van der Waals surface area contributed by atoms with Crippen LogP contribution in [-0.4, -0.2) is 9.55 Å². The molecular formula is C10H9ClN2OS. The fourth-order valence-corrected chi connectivity index (χ4v) is 2.12. The minimum Gasteiger partial charge on any atom is -0.299 e. The molecular weight excluding hydrogens is 232 g/mol. The average Bonchev–Trinajstić information content (AvgIpc) is 2.53. The molecule has 0 atom stereocenters. The van der Waals surface area contributed by atoms with Gasteiger partial charge >= 0.3 is 4.87 Å². The number of hydrogen-bond acceptors (Lipinski definition) is 3. The van der Waals surface area contributed by atoms with Crippen LogP contribution in [0.15, 0.2) is 28.5 Å². The molecule has 0 aliphatic carbocycles. The highest BCUT2D eigenvalue weighted by Crippen LogP contribution is 2.08. The molecule has 0 aliphatic heterocycles. The molecule has 0 unspecified atom stereocenters. The van der Waals surface area contributed by atoms with Gasteiger partial charge in [0, 0.05) is 17.3 Å². The Morgan fingerprint density at radius 2 is 2.33 bits per heavy atom. The standard InChI is InChI=1S/C10H9ClN2OS/c1-7-6-15-10(14)13(7)5-8-2-3-9(11)12-4-8/h2-4,6H,5H2,1H3. The Morgan fingerprint density at radius 1 is 1.53 bits per heavy atom. The summed E-state index contributed by atoms with van der Waals surface area (Å²) in [7, 11) is 0. The number of pyridine rings is 1. The van der Waals surface area contributed by atoms with Crippen molar-refractivity contribution in [3.05, 3.63) is 49.8 Å². The summed E-state index contributed by atoms with van der Waals surface area (Å²) in [6.45, 7) is 2.47. The number of aryl methyl sites for hydroxylation is 1. The van der Waals surface area contributed by atoms with E-state index >= 15 is 0 Å². The van der Waals surface area contributed by atoms with Crippen LogP contribution in [0.1, 0.15) is 11.3 Å². The van der Waals surface area contributed by atoms with Gasteiger partial charge in [-0.3, -0.25) is 9.36 Å². The lowest BCUT2D eigenvalue weighted by atomic mass is 10.3. The molecule has 0 N–H and O–H groups in total. The SMILES string of the molecule is Cc1csc(=O)n1Cc1ccc(Cl)nc1. The second-order valence-corrected chi connectivity index (χ2v) is 4.43. The fourth-order valence-electron chi connectivity index (χ4n) is 1.28. The second kappa shape index (κ2) is 4.16. The summed E-state index contributed by atoms with van der Waals surface area (Å²) < 4.78 is 1.72. The molecule has 0 amide bonds. The lowest BCUT2D eigenvalue weighted by molar-refractivity contribution is 0.752. The van der Waals surface area contributed by atoms with Crippen LogP contribution >= 0.6 is 22.9 Å². The van der Waals surface area contributed by atoms with Crippen molar-refractivity contribution < 1.29 is 0 Å². The van der Waals surface area contributed by atoms with Gasteiger partial charge in [0.1, 0.15) is 5.15 Å². The van der Waals surface area contributed by atoms with Crippen LogP contribution in [-0.2, 0) is 6.54 Å². The lowest BCUT2D eigenvalue weighted by Crippen LogP contribution is -2.15. The first-order valence-electron chi connectivity index (χ1n) is 4.42. The molecule has 0 aromatic carbocycles. The summed E-state index contributed by atoms with van der Waals surface area (Å²) >= 11 is 6.89. The van der Waals surface area contributed by atoms with E-state index in [2.05, 4.69) is 4.98 Å². The zero-order valence-corrected chi connectivity index (χ0v) is 9.68. The van der Waals surface area contributed by atoms with E-state index < -0.39 is 0 Å². The summed E-state index contributed by atoms with van der Waals surface area (Å²) in [4.78, 5) is 15.5. The Hall–Kier alpha value is -1.13. The Labute approximate surface area is 96.0 Å². The maximum absolute atomic E-state index is 11.4. The monoisotopic (exact) mass is 240 g/mol. The first-order chi connectivity index (χ1) is 7.16. The van der Waals surface area contributed by atoms with Gasteiger partial charge in [0.05, 0.1) is 6.54 Å². The Kier molecular flexibility index (Phi) is 2.88. The Bertz CT molecular complexity index is 515. The van der Waals surface area contributed by atoms with Crippen LogP contribution in [0, 0.1) is 6.92 Å². The van der Waals surface area contributed by atoms with Crippen LogP contribution in [0.4, 0.5) is 0 Å². The second-order valence-electron chi connectivity index (χ2n) is 3.22. The molecule has 2 aromatic rings. The zero-order valence-electron chi connectivity index (χ0n) is 8.11. The number of halogens is 1. The van der Waals surface area contributed by atoms with Crippen molar-refractivity contribution in [2.45, 2.75) is 13.5 Å². The summed E-state index contributed by atoms with van der Waals surface area (Å²) in [5.74, 6) is 0. The van der Waals surface area contributed by atoms with E-state index in [4.69, 9.17) is 11.6 Å². The van der Waals surface area contributed by atoms with Gasteiger partial charge in [-0.05, 0) is 18.6 Å². The van der Waals surface area contributed by atoms with Crippen LogP contribution in [0.5, 0.6) is 0 Å². The van der Waals surface area contributed by atoms with Gasteiger partial charge in [-0.1, -0.05) is 29.0 Å². The van der Waals surface area contributed by atoms with Crippen LogP contribution < -0.4 is 4.87 Å². The molecule has 0 aliphatic rings. The minimum absolute atomic E-state index is 0.0578. The lowest BCUT2D eigenvalue weighted by Gasteiger charge is -2.03. The molecule has 2 rings (SSSR count). The maximum atomic E-state index is 11.4. The quantitative estimate of drug-likeness (QED) is 0.755. The zero-order chi connectivity index (χ0) is 10.8. The van der Waals surface area contributed by atoms with Crippen molar-refractivity contribution in [1.29, 1.82) is 0 Å². The third kappa shape index (κ3) is 2.27. The summed E-state index contributed by atoms with van der Waals surface area (Å²) in [5, 5.41) is 2.32. The van der Waals surface area contributed by atoms with Gasteiger partial charge in [-0.15, -0.1) is 0 Å². The molecule has 0 radical (unpaired) electrons. The van der Waals surface area contributed by atoms with Gasteiger partial charge in [0.2, 0.25) is 0 Å². The van der Waals surface area contributed by atoms with Gasteiger partial charge in [-0.2, -0.15) is 0 Å². The highest BCUT2D eigenvalue weighted by molar-refractivity contribution is 7.07. The van der Waals surface area contributed by atoms with E-state index in [1.807, 2.05) is 18.4 Å². The molecule has 0 saturated heterocycles. The van der Waals surface area contributed by atoms with E-state index in [9.17, 15) is 4.79 Å². The molecule has 2 aromatic heterocycles. The first-order valence-corrected chi connectivity index (χ1v) is 5.68. The number of nitrogens with zero attached hydrogens (tertiary/aromatic N) is 2. The predicted molar refractivity (Wildman–Crippen MR) is 61.7 cm³/mol. The largest absolute Gasteiger partial charge is 0.307 e. The van der Waals surface area contributed by atoms with Crippen LogP contribution in [0.2, 0.25) is 5.15 Å². The van der Waals surface area contributed by atoms with E-state index in [1.165, 1.54) is 11.3 Å².